The Morgan fingerprint density at radius 1 is 1.42 bits per heavy atom. The molecular weight excluding hydrogens is 156 g/mol. The SMILES string of the molecule is O=CO.c1ccc2[nH]cnc2c1. The van der Waals surface area contributed by atoms with E-state index in [-0.39, 0.29) is 6.47 Å². The van der Waals surface area contributed by atoms with Crippen molar-refractivity contribution in [2.45, 2.75) is 0 Å². The number of aromatic nitrogens is 2. The summed E-state index contributed by atoms with van der Waals surface area (Å²) in [7, 11) is 0. The Balaban J connectivity index is 0.000000213. The molecular formula is C8H8N2O2. The fourth-order valence-electron chi connectivity index (χ4n) is 0.880. The molecule has 1 aromatic heterocycles. The summed E-state index contributed by atoms with van der Waals surface area (Å²) in [6.07, 6.45) is 1.70. The standard InChI is InChI=1S/C7H6N2.CH2O2/c1-2-4-7-6(3-1)8-5-9-7;2-1-3/h1-5H,(H,8,9);1H,(H,2,3). The van der Waals surface area contributed by atoms with E-state index in [4.69, 9.17) is 9.90 Å². The van der Waals surface area contributed by atoms with E-state index in [2.05, 4.69) is 9.97 Å². The van der Waals surface area contributed by atoms with Gasteiger partial charge in [0.05, 0.1) is 17.4 Å². The average molecular weight is 164 g/mol. The van der Waals surface area contributed by atoms with Gasteiger partial charge < -0.3 is 10.1 Å². The molecule has 4 nitrogen and oxygen atoms in total. The van der Waals surface area contributed by atoms with Crippen LogP contribution in [0, 0.1) is 0 Å². The minimum Gasteiger partial charge on any atom is -0.483 e. The van der Waals surface area contributed by atoms with Crippen molar-refractivity contribution >= 4 is 17.5 Å². The van der Waals surface area contributed by atoms with Crippen LogP contribution >= 0.6 is 0 Å². The third-order valence-electron chi connectivity index (χ3n) is 1.33. The molecule has 2 N–H and O–H groups in total. The number of benzene rings is 1. The van der Waals surface area contributed by atoms with Crippen molar-refractivity contribution in [1.29, 1.82) is 0 Å². The summed E-state index contributed by atoms with van der Waals surface area (Å²) in [5.41, 5.74) is 2.12. The van der Waals surface area contributed by atoms with Crippen LogP contribution < -0.4 is 0 Å². The van der Waals surface area contributed by atoms with Crippen LogP contribution in [0.2, 0.25) is 0 Å². The largest absolute Gasteiger partial charge is 0.483 e. The molecule has 0 fully saturated rings. The Kier molecular flexibility index (Phi) is 2.84. The van der Waals surface area contributed by atoms with E-state index in [1.54, 1.807) is 6.33 Å². The fourth-order valence-corrected chi connectivity index (χ4v) is 0.880. The van der Waals surface area contributed by atoms with Crippen LogP contribution in [-0.4, -0.2) is 21.5 Å². The van der Waals surface area contributed by atoms with Crippen molar-refractivity contribution in [2.75, 3.05) is 0 Å². The highest BCUT2D eigenvalue weighted by Crippen LogP contribution is 2.05. The second kappa shape index (κ2) is 4.12. The normalized spacial score (nSPS) is 8.67. The van der Waals surface area contributed by atoms with Gasteiger partial charge in [-0.15, -0.1) is 0 Å². The number of H-pyrrole nitrogens is 1. The molecule has 2 aromatic rings. The number of hydrogen-bond donors (Lipinski definition) is 2. The van der Waals surface area contributed by atoms with Crippen molar-refractivity contribution in [1.82, 2.24) is 9.97 Å². The second-order valence-corrected chi connectivity index (χ2v) is 2.03. The van der Waals surface area contributed by atoms with Crippen molar-refractivity contribution in [3.05, 3.63) is 30.6 Å². The van der Waals surface area contributed by atoms with Gasteiger partial charge in [0.25, 0.3) is 6.47 Å². The van der Waals surface area contributed by atoms with Gasteiger partial charge in [0, 0.05) is 0 Å². The maximum Gasteiger partial charge on any atom is 0.290 e. The molecule has 0 aliphatic carbocycles. The number of rotatable bonds is 0. The summed E-state index contributed by atoms with van der Waals surface area (Å²) < 4.78 is 0. The van der Waals surface area contributed by atoms with Crippen LogP contribution in [-0.2, 0) is 4.79 Å². The molecule has 0 amide bonds. The van der Waals surface area contributed by atoms with Crippen LogP contribution in [0.4, 0.5) is 0 Å². The van der Waals surface area contributed by atoms with E-state index in [1.807, 2.05) is 24.3 Å². The molecule has 0 atom stereocenters. The molecule has 4 heteroatoms. The summed E-state index contributed by atoms with van der Waals surface area (Å²) in [6, 6.07) is 7.94. The zero-order chi connectivity index (χ0) is 8.81. The second-order valence-electron chi connectivity index (χ2n) is 2.03. The number of fused-ring (bicyclic) bond motifs is 1. The number of imidazole rings is 1. The molecule has 0 aliphatic heterocycles. The van der Waals surface area contributed by atoms with Gasteiger partial charge in [-0.25, -0.2) is 4.98 Å². The number of nitrogens with one attached hydrogen (secondary N) is 1. The molecule has 2 rings (SSSR count). The van der Waals surface area contributed by atoms with Crippen LogP contribution in [0.15, 0.2) is 30.6 Å². The fraction of sp³-hybridized carbons (Fsp3) is 0. The Morgan fingerprint density at radius 2 is 2.08 bits per heavy atom. The molecule has 0 aliphatic rings. The van der Waals surface area contributed by atoms with E-state index >= 15 is 0 Å². The maximum atomic E-state index is 8.36. The van der Waals surface area contributed by atoms with Crippen LogP contribution in [0.25, 0.3) is 11.0 Å². The lowest BCUT2D eigenvalue weighted by molar-refractivity contribution is -0.122. The van der Waals surface area contributed by atoms with E-state index in [1.165, 1.54) is 0 Å². The molecule has 0 unspecified atom stereocenters. The number of para-hydroxylation sites is 2. The number of nitrogens with zero attached hydrogens (tertiary/aromatic N) is 1. The average Bonchev–Trinajstić information content (AvgIpc) is 2.52. The zero-order valence-corrected chi connectivity index (χ0v) is 6.27. The minimum absolute atomic E-state index is 0.250. The predicted molar refractivity (Wildman–Crippen MR) is 44.8 cm³/mol. The molecule has 0 saturated carbocycles. The summed E-state index contributed by atoms with van der Waals surface area (Å²) >= 11 is 0. The molecule has 1 aromatic carbocycles. The topological polar surface area (TPSA) is 66.0 Å². The van der Waals surface area contributed by atoms with Gasteiger partial charge in [-0.2, -0.15) is 0 Å². The molecule has 0 bridgehead atoms. The van der Waals surface area contributed by atoms with Gasteiger partial charge in [-0.05, 0) is 12.1 Å². The number of carbonyl (C=O) groups is 1. The highest BCUT2D eigenvalue weighted by atomic mass is 16.3. The molecule has 0 spiro atoms. The van der Waals surface area contributed by atoms with Crippen molar-refractivity contribution < 1.29 is 9.90 Å². The summed E-state index contributed by atoms with van der Waals surface area (Å²) in [4.78, 5) is 15.4. The lowest BCUT2D eigenvalue weighted by Gasteiger charge is -1.81. The lowest BCUT2D eigenvalue weighted by atomic mass is 10.3. The Morgan fingerprint density at radius 3 is 2.75 bits per heavy atom. The minimum atomic E-state index is -0.250. The predicted octanol–water partition coefficient (Wildman–Crippen LogP) is 1.26. The molecule has 12 heavy (non-hydrogen) atoms. The quantitative estimate of drug-likeness (QED) is 0.576. The first-order chi connectivity index (χ1) is 5.88. The molecule has 0 radical (unpaired) electrons. The highest BCUT2D eigenvalue weighted by molar-refractivity contribution is 5.73. The third-order valence-corrected chi connectivity index (χ3v) is 1.33. The number of hydrogen-bond acceptors (Lipinski definition) is 2. The lowest BCUT2D eigenvalue weighted by Crippen LogP contribution is -1.63. The van der Waals surface area contributed by atoms with E-state index in [9.17, 15) is 0 Å². The zero-order valence-electron chi connectivity index (χ0n) is 6.27. The van der Waals surface area contributed by atoms with Gasteiger partial charge in [-0.1, -0.05) is 12.1 Å². The summed E-state index contributed by atoms with van der Waals surface area (Å²) in [5.74, 6) is 0. The summed E-state index contributed by atoms with van der Waals surface area (Å²) in [6.45, 7) is -0.250. The third kappa shape index (κ3) is 1.82. The van der Waals surface area contributed by atoms with Gasteiger partial charge in [0.15, 0.2) is 0 Å². The van der Waals surface area contributed by atoms with Crippen molar-refractivity contribution in [2.24, 2.45) is 0 Å². The smallest absolute Gasteiger partial charge is 0.290 e. The first-order valence-corrected chi connectivity index (χ1v) is 3.34. The van der Waals surface area contributed by atoms with E-state index in [0.29, 0.717) is 0 Å². The van der Waals surface area contributed by atoms with Gasteiger partial charge in [0.1, 0.15) is 0 Å². The van der Waals surface area contributed by atoms with Crippen molar-refractivity contribution in [3.8, 4) is 0 Å². The molecule has 0 saturated heterocycles. The van der Waals surface area contributed by atoms with Crippen LogP contribution in [0.3, 0.4) is 0 Å². The van der Waals surface area contributed by atoms with Gasteiger partial charge in [-0.3, -0.25) is 4.79 Å². The number of carboxylic acid groups (broad SMARTS) is 1. The van der Waals surface area contributed by atoms with Crippen LogP contribution in [0.1, 0.15) is 0 Å². The Labute approximate surface area is 68.9 Å². The van der Waals surface area contributed by atoms with Gasteiger partial charge in [0.2, 0.25) is 0 Å². The van der Waals surface area contributed by atoms with E-state index in [0.717, 1.165) is 11.0 Å². The van der Waals surface area contributed by atoms with Gasteiger partial charge >= 0.3 is 0 Å². The monoisotopic (exact) mass is 164 g/mol. The van der Waals surface area contributed by atoms with E-state index < -0.39 is 0 Å². The molecule has 62 valence electrons. The van der Waals surface area contributed by atoms with Crippen molar-refractivity contribution in [3.63, 3.8) is 0 Å². The maximum absolute atomic E-state index is 8.36. The first kappa shape index (κ1) is 8.26. The summed E-state index contributed by atoms with van der Waals surface area (Å²) in [5, 5.41) is 6.89. The Bertz CT molecular complexity index is 326. The first-order valence-electron chi connectivity index (χ1n) is 3.34. The molecule has 1 heterocycles. The highest BCUT2D eigenvalue weighted by Gasteiger charge is 1.88. The Hall–Kier alpha value is -1.84. The number of aromatic amines is 1. The van der Waals surface area contributed by atoms with Crippen LogP contribution in [0.5, 0.6) is 0 Å².